The smallest absolute Gasteiger partial charge is 0.199 e. The van der Waals surface area contributed by atoms with Gasteiger partial charge in [-0.2, -0.15) is 0 Å². The Balaban J connectivity index is 2.72. The number of hydrogen-bond acceptors (Lipinski definition) is 5. The van der Waals surface area contributed by atoms with Crippen LogP contribution in [0.4, 0.5) is 5.82 Å². The highest BCUT2D eigenvalue weighted by Crippen LogP contribution is 2.37. The van der Waals surface area contributed by atoms with Crippen molar-refractivity contribution >= 4 is 18.0 Å². The Labute approximate surface area is 110 Å². The molecule has 0 aliphatic heterocycles. The van der Waals surface area contributed by atoms with E-state index in [1.54, 1.807) is 20.3 Å². The van der Waals surface area contributed by atoms with E-state index in [2.05, 4.69) is 9.97 Å². The average molecular weight is 263 g/mol. The lowest BCUT2D eigenvalue weighted by atomic mass is 10.1. The molecule has 0 radical (unpaired) electrons. The molecule has 1 aromatic carbocycles. The minimum atomic E-state index is 0.318. The largest absolute Gasteiger partial charge is 0.496 e. The molecule has 0 saturated heterocycles. The molecule has 3 N–H and O–H groups in total. The molecule has 0 unspecified atom stereocenters. The first-order valence-corrected chi connectivity index (χ1v) is 5.64. The fraction of sp³-hybridized carbons (Fsp3) is 0.167. The van der Waals surface area contributed by atoms with Gasteiger partial charge in [-0.15, -0.1) is 0 Å². The molecule has 6 heteroatoms. The van der Waals surface area contributed by atoms with Crippen molar-refractivity contribution in [1.29, 1.82) is 0 Å². The van der Waals surface area contributed by atoms with Gasteiger partial charge in [-0.05, 0) is 24.4 Å². The molecule has 0 spiro atoms. The van der Waals surface area contributed by atoms with Gasteiger partial charge in [0.1, 0.15) is 17.3 Å². The molecule has 2 aromatic rings. The van der Waals surface area contributed by atoms with Crippen LogP contribution in [0.25, 0.3) is 11.3 Å². The number of H-pyrrole nitrogens is 1. The van der Waals surface area contributed by atoms with Crippen LogP contribution >= 0.6 is 12.2 Å². The molecule has 5 nitrogen and oxygen atoms in total. The number of nitrogens with one attached hydrogen (secondary N) is 1. The summed E-state index contributed by atoms with van der Waals surface area (Å²) in [5.74, 6) is 1.69. The van der Waals surface area contributed by atoms with Crippen LogP contribution in [0.5, 0.6) is 11.5 Å². The van der Waals surface area contributed by atoms with Gasteiger partial charge < -0.3 is 20.2 Å². The predicted octanol–water partition coefficient (Wildman–Crippen LogP) is 2.41. The van der Waals surface area contributed by atoms with Gasteiger partial charge >= 0.3 is 0 Å². The van der Waals surface area contributed by atoms with Crippen molar-refractivity contribution in [2.24, 2.45) is 0 Å². The molecule has 0 aliphatic carbocycles. The summed E-state index contributed by atoms with van der Waals surface area (Å²) in [6.07, 6.45) is 0. The van der Waals surface area contributed by atoms with Crippen LogP contribution in [-0.4, -0.2) is 24.2 Å². The Morgan fingerprint density at radius 1 is 1.22 bits per heavy atom. The number of aromatic amines is 1. The van der Waals surface area contributed by atoms with Crippen LogP contribution in [0.2, 0.25) is 0 Å². The molecular weight excluding hydrogens is 250 g/mol. The van der Waals surface area contributed by atoms with Crippen LogP contribution in [-0.2, 0) is 0 Å². The van der Waals surface area contributed by atoms with Gasteiger partial charge in [-0.1, -0.05) is 6.07 Å². The summed E-state index contributed by atoms with van der Waals surface area (Å²) in [6, 6.07) is 7.22. The maximum Gasteiger partial charge on any atom is 0.199 e. The van der Waals surface area contributed by atoms with E-state index in [0.29, 0.717) is 27.8 Å². The van der Waals surface area contributed by atoms with E-state index in [4.69, 9.17) is 27.4 Å². The monoisotopic (exact) mass is 263 g/mol. The number of nitrogens with two attached hydrogens (primary N) is 1. The first-order valence-electron chi connectivity index (χ1n) is 5.24. The predicted molar refractivity (Wildman–Crippen MR) is 72.4 cm³/mol. The van der Waals surface area contributed by atoms with Gasteiger partial charge in [0.25, 0.3) is 0 Å². The standard InChI is InChI=1S/C12H13N3O2S/c1-16-8-4-3-5-9(17-2)11(8)7-6-10(13)15-12(18)14-7/h3-6H,1-2H3,(H3,13,14,15,18). The lowest BCUT2D eigenvalue weighted by Gasteiger charge is -2.13. The zero-order valence-corrected chi connectivity index (χ0v) is 10.9. The number of nitrogens with zero attached hydrogens (tertiary/aromatic N) is 1. The Bertz CT molecular complexity index is 603. The second kappa shape index (κ2) is 5.05. The van der Waals surface area contributed by atoms with Crippen molar-refractivity contribution in [3.8, 4) is 22.8 Å². The first kappa shape index (κ1) is 12.4. The first-order chi connectivity index (χ1) is 8.65. The molecule has 0 aliphatic rings. The van der Waals surface area contributed by atoms with Gasteiger partial charge in [-0.25, -0.2) is 4.98 Å². The third kappa shape index (κ3) is 2.28. The second-order valence-electron chi connectivity index (χ2n) is 3.56. The minimum Gasteiger partial charge on any atom is -0.496 e. The maximum atomic E-state index is 5.70. The summed E-state index contributed by atoms with van der Waals surface area (Å²) in [4.78, 5) is 6.90. The van der Waals surface area contributed by atoms with E-state index in [-0.39, 0.29) is 0 Å². The van der Waals surface area contributed by atoms with E-state index < -0.39 is 0 Å². The highest BCUT2D eigenvalue weighted by molar-refractivity contribution is 7.71. The molecule has 0 amide bonds. The Hall–Kier alpha value is -2.08. The summed E-state index contributed by atoms with van der Waals surface area (Å²) in [5.41, 5.74) is 7.18. The molecule has 1 aromatic heterocycles. The number of nitrogen functional groups attached to an aromatic ring is 1. The Morgan fingerprint density at radius 2 is 1.83 bits per heavy atom. The fourth-order valence-corrected chi connectivity index (χ4v) is 1.94. The summed E-state index contributed by atoms with van der Waals surface area (Å²) in [7, 11) is 3.19. The third-order valence-corrected chi connectivity index (χ3v) is 2.65. The average Bonchev–Trinajstić information content (AvgIpc) is 2.36. The van der Waals surface area contributed by atoms with Crippen LogP contribution in [0.15, 0.2) is 24.3 Å². The molecule has 1 heterocycles. The Morgan fingerprint density at radius 3 is 2.33 bits per heavy atom. The zero-order chi connectivity index (χ0) is 13.1. The fourth-order valence-electron chi connectivity index (χ4n) is 1.73. The topological polar surface area (TPSA) is 73.2 Å². The Kier molecular flexibility index (Phi) is 3.47. The SMILES string of the molecule is COc1cccc(OC)c1-c1cc(N)nc(=S)[nH]1. The van der Waals surface area contributed by atoms with Gasteiger partial charge in [0.2, 0.25) is 0 Å². The maximum absolute atomic E-state index is 5.70. The van der Waals surface area contributed by atoms with E-state index >= 15 is 0 Å². The lowest BCUT2D eigenvalue weighted by molar-refractivity contribution is 0.397. The molecule has 94 valence electrons. The third-order valence-electron chi connectivity index (χ3n) is 2.46. The van der Waals surface area contributed by atoms with Crippen molar-refractivity contribution in [2.75, 3.05) is 20.0 Å². The zero-order valence-electron chi connectivity index (χ0n) is 10.1. The van der Waals surface area contributed by atoms with E-state index in [9.17, 15) is 0 Å². The van der Waals surface area contributed by atoms with Crippen molar-refractivity contribution < 1.29 is 9.47 Å². The van der Waals surface area contributed by atoms with Crippen LogP contribution in [0.3, 0.4) is 0 Å². The van der Waals surface area contributed by atoms with Crippen LogP contribution < -0.4 is 15.2 Å². The highest BCUT2D eigenvalue weighted by atomic mass is 32.1. The molecule has 0 fully saturated rings. The normalized spacial score (nSPS) is 10.1. The summed E-state index contributed by atoms with van der Waals surface area (Å²) in [5, 5.41) is 0. The number of methoxy groups -OCH3 is 2. The quantitative estimate of drug-likeness (QED) is 0.832. The number of ether oxygens (including phenoxy) is 2. The minimum absolute atomic E-state index is 0.318. The van der Waals surface area contributed by atoms with Crippen LogP contribution in [0, 0.1) is 4.77 Å². The summed E-state index contributed by atoms with van der Waals surface area (Å²) >= 11 is 5.02. The number of anilines is 1. The molecule has 0 bridgehead atoms. The van der Waals surface area contributed by atoms with E-state index in [1.807, 2.05) is 18.2 Å². The number of rotatable bonds is 3. The van der Waals surface area contributed by atoms with E-state index in [1.165, 1.54) is 0 Å². The number of hydrogen-bond donors (Lipinski definition) is 2. The number of aromatic nitrogens is 2. The van der Waals surface area contributed by atoms with Crippen molar-refractivity contribution in [3.05, 3.63) is 29.0 Å². The van der Waals surface area contributed by atoms with Gasteiger partial charge in [0.15, 0.2) is 4.77 Å². The van der Waals surface area contributed by atoms with Crippen molar-refractivity contribution in [1.82, 2.24) is 9.97 Å². The number of benzene rings is 1. The lowest BCUT2D eigenvalue weighted by Crippen LogP contribution is -1.98. The van der Waals surface area contributed by atoms with Crippen molar-refractivity contribution in [2.45, 2.75) is 0 Å². The van der Waals surface area contributed by atoms with Gasteiger partial charge in [0.05, 0.1) is 25.5 Å². The molecule has 2 rings (SSSR count). The highest BCUT2D eigenvalue weighted by Gasteiger charge is 2.13. The molecule has 18 heavy (non-hydrogen) atoms. The van der Waals surface area contributed by atoms with Gasteiger partial charge in [0, 0.05) is 6.07 Å². The summed E-state index contributed by atoms with van der Waals surface area (Å²) in [6.45, 7) is 0. The molecular formula is C12H13N3O2S. The van der Waals surface area contributed by atoms with E-state index in [0.717, 1.165) is 5.56 Å². The molecule has 0 saturated carbocycles. The van der Waals surface area contributed by atoms with Crippen LogP contribution in [0.1, 0.15) is 0 Å². The second-order valence-corrected chi connectivity index (χ2v) is 3.95. The summed E-state index contributed by atoms with van der Waals surface area (Å²) < 4.78 is 11.0. The van der Waals surface area contributed by atoms with Gasteiger partial charge in [-0.3, -0.25) is 0 Å². The van der Waals surface area contributed by atoms with Crippen molar-refractivity contribution in [3.63, 3.8) is 0 Å². The molecule has 0 atom stereocenters.